The van der Waals surface area contributed by atoms with E-state index < -0.39 is 0 Å². The Balaban J connectivity index is 2.02. The maximum atomic E-state index is 5.66. The number of nitrogens with two attached hydrogens (primary N) is 1. The molecule has 3 heteroatoms. The number of hydrogen-bond acceptors (Lipinski definition) is 3. The molecule has 2 nitrogen and oxygen atoms in total. The second-order valence-corrected chi connectivity index (χ2v) is 5.64. The first kappa shape index (κ1) is 11.8. The summed E-state index contributed by atoms with van der Waals surface area (Å²) >= 11 is 1.80. The minimum atomic E-state index is 0.286. The van der Waals surface area contributed by atoms with Crippen LogP contribution in [0.15, 0.2) is 23.1 Å². The molecule has 0 fully saturated rings. The van der Waals surface area contributed by atoms with Gasteiger partial charge in [-0.15, -0.1) is 11.3 Å². The van der Waals surface area contributed by atoms with Crippen LogP contribution in [0.2, 0.25) is 0 Å². The van der Waals surface area contributed by atoms with Crippen LogP contribution in [-0.2, 0) is 0 Å². The topological polar surface area (TPSA) is 38.0 Å². The van der Waals surface area contributed by atoms with E-state index in [4.69, 9.17) is 5.84 Å². The molecule has 0 aromatic carbocycles. The molecular weight excluding hydrogens is 216 g/mol. The van der Waals surface area contributed by atoms with Gasteiger partial charge in [0, 0.05) is 4.88 Å². The summed E-state index contributed by atoms with van der Waals surface area (Å²) in [7, 11) is 0. The number of thiophene rings is 1. The molecule has 1 heterocycles. The maximum Gasteiger partial charge on any atom is 0.0505 e. The molecule has 0 amide bonds. The van der Waals surface area contributed by atoms with Crippen molar-refractivity contribution in [3.63, 3.8) is 0 Å². The van der Waals surface area contributed by atoms with E-state index in [1.807, 2.05) is 0 Å². The van der Waals surface area contributed by atoms with Crippen molar-refractivity contribution in [2.45, 2.75) is 45.1 Å². The molecule has 1 aromatic heterocycles. The maximum absolute atomic E-state index is 5.66. The summed E-state index contributed by atoms with van der Waals surface area (Å²) in [5.74, 6) is 5.66. The van der Waals surface area contributed by atoms with Gasteiger partial charge in [-0.25, -0.2) is 0 Å². The SMILES string of the molecule is Cc1cc(C(CC2=CCCCC2)NN)cs1. The fraction of sp³-hybridized carbons (Fsp3) is 0.538. The first-order valence-corrected chi connectivity index (χ1v) is 6.86. The van der Waals surface area contributed by atoms with Crippen LogP contribution < -0.4 is 11.3 Å². The van der Waals surface area contributed by atoms with Gasteiger partial charge in [-0.1, -0.05) is 11.6 Å². The van der Waals surface area contributed by atoms with Gasteiger partial charge in [-0.05, 0) is 56.0 Å². The Bertz CT molecular complexity index is 368. The summed E-state index contributed by atoms with van der Waals surface area (Å²) in [6, 6.07) is 2.52. The molecule has 0 saturated heterocycles. The molecule has 0 aliphatic heterocycles. The average molecular weight is 236 g/mol. The third kappa shape index (κ3) is 2.94. The number of hydrazine groups is 1. The highest BCUT2D eigenvalue weighted by atomic mass is 32.1. The zero-order valence-electron chi connectivity index (χ0n) is 9.83. The number of allylic oxidation sites excluding steroid dienone is 1. The number of aryl methyl sites for hydroxylation is 1. The van der Waals surface area contributed by atoms with Crippen LogP contribution in [-0.4, -0.2) is 0 Å². The summed E-state index contributed by atoms with van der Waals surface area (Å²) in [4.78, 5) is 1.35. The van der Waals surface area contributed by atoms with Crippen LogP contribution in [0.3, 0.4) is 0 Å². The van der Waals surface area contributed by atoms with Crippen molar-refractivity contribution in [2.75, 3.05) is 0 Å². The normalized spacial score (nSPS) is 18.2. The lowest BCUT2D eigenvalue weighted by molar-refractivity contribution is 0.530. The van der Waals surface area contributed by atoms with Crippen molar-refractivity contribution in [3.8, 4) is 0 Å². The quantitative estimate of drug-likeness (QED) is 0.477. The monoisotopic (exact) mass is 236 g/mol. The Morgan fingerprint density at radius 2 is 2.38 bits per heavy atom. The first-order valence-electron chi connectivity index (χ1n) is 5.98. The van der Waals surface area contributed by atoms with Crippen molar-refractivity contribution in [3.05, 3.63) is 33.5 Å². The molecule has 0 radical (unpaired) electrons. The summed E-state index contributed by atoms with van der Waals surface area (Å²) in [5.41, 5.74) is 5.84. The van der Waals surface area contributed by atoms with Crippen LogP contribution in [0, 0.1) is 6.92 Å². The predicted molar refractivity (Wildman–Crippen MR) is 70.3 cm³/mol. The Hall–Kier alpha value is -0.640. The van der Waals surface area contributed by atoms with Crippen molar-refractivity contribution >= 4 is 11.3 Å². The molecule has 0 spiro atoms. The molecule has 0 saturated carbocycles. The van der Waals surface area contributed by atoms with Gasteiger partial charge in [0.05, 0.1) is 6.04 Å². The number of nitrogens with one attached hydrogen (secondary N) is 1. The van der Waals surface area contributed by atoms with Crippen molar-refractivity contribution in [2.24, 2.45) is 5.84 Å². The van der Waals surface area contributed by atoms with E-state index in [2.05, 4.69) is 29.9 Å². The summed E-state index contributed by atoms with van der Waals surface area (Å²) < 4.78 is 0. The molecular formula is C13H20N2S. The highest BCUT2D eigenvalue weighted by Gasteiger charge is 2.14. The molecule has 1 aromatic rings. The minimum Gasteiger partial charge on any atom is -0.271 e. The van der Waals surface area contributed by atoms with E-state index in [1.54, 1.807) is 16.9 Å². The Labute approximate surface area is 102 Å². The Kier molecular flexibility index (Phi) is 4.16. The largest absolute Gasteiger partial charge is 0.271 e. The number of rotatable bonds is 4. The predicted octanol–water partition coefficient (Wildman–Crippen LogP) is 3.45. The molecule has 2 rings (SSSR count). The third-order valence-electron chi connectivity index (χ3n) is 3.21. The molecule has 0 bridgehead atoms. The van der Waals surface area contributed by atoms with Gasteiger partial charge < -0.3 is 0 Å². The second kappa shape index (κ2) is 5.62. The zero-order chi connectivity index (χ0) is 11.4. The lowest BCUT2D eigenvalue weighted by atomic mass is 9.92. The lowest BCUT2D eigenvalue weighted by Gasteiger charge is -2.19. The van der Waals surface area contributed by atoms with Crippen molar-refractivity contribution in [1.82, 2.24) is 5.43 Å². The fourth-order valence-electron chi connectivity index (χ4n) is 2.27. The van der Waals surface area contributed by atoms with E-state index >= 15 is 0 Å². The van der Waals surface area contributed by atoms with Gasteiger partial charge in [0.1, 0.15) is 0 Å². The molecule has 3 N–H and O–H groups in total. The van der Waals surface area contributed by atoms with Gasteiger partial charge in [0.2, 0.25) is 0 Å². The van der Waals surface area contributed by atoms with E-state index in [0.717, 1.165) is 6.42 Å². The fourth-order valence-corrected chi connectivity index (χ4v) is 3.03. The van der Waals surface area contributed by atoms with Gasteiger partial charge >= 0.3 is 0 Å². The molecule has 1 unspecified atom stereocenters. The van der Waals surface area contributed by atoms with E-state index in [-0.39, 0.29) is 6.04 Å². The molecule has 1 atom stereocenters. The third-order valence-corrected chi connectivity index (χ3v) is 4.09. The van der Waals surface area contributed by atoms with Crippen molar-refractivity contribution < 1.29 is 0 Å². The van der Waals surface area contributed by atoms with Crippen LogP contribution in [0.1, 0.15) is 48.6 Å². The van der Waals surface area contributed by atoms with Crippen LogP contribution in [0.5, 0.6) is 0 Å². The molecule has 88 valence electrons. The number of hydrogen-bond donors (Lipinski definition) is 2. The standard InChI is InChI=1S/C13H20N2S/c1-10-7-12(9-16-10)13(15-14)8-11-5-3-2-4-6-11/h5,7,9,13,15H,2-4,6,8,14H2,1H3. The van der Waals surface area contributed by atoms with Gasteiger partial charge in [0.25, 0.3) is 0 Å². The minimum absolute atomic E-state index is 0.286. The van der Waals surface area contributed by atoms with Crippen LogP contribution in [0.4, 0.5) is 0 Å². The summed E-state index contributed by atoms with van der Waals surface area (Å²) in [6.07, 6.45) is 8.64. The van der Waals surface area contributed by atoms with Gasteiger partial charge in [-0.2, -0.15) is 0 Å². The Morgan fingerprint density at radius 3 is 2.94 bits per heavy atom. The van der Waals surface area contributed by atoms with E-state index in [9.17, 15) is 0 Å². The highest BCUT2D eigenvalue weighted by Crippen LogP contribution is 2.29. The first-order chi connectivity index (χ1) is 7.79. The summed E-state index contributed by atoms with van der Waals surface area (Å²) in [6.45, 7) is 2.14. The zero-order valence-corrected chi connectivity index (χ0v) is 10.6. The smallest absolute Gasteiger partial charge is 0.0505 e. The van der Waals surface area contributed by atoms with Gasteiger partial charge in [0.15, 0.2) is 0 Å². The van der Waals surface area contributed by atoms with E-state index in [1.165, 1.54) is 36.1 Å². The van der Waals surface area contributed by atoms with Crippen molar-refractivity contribution in [1.29, 1.82) is 0 Å². The second-order valence-electron chi connectivity index (χ2n) is 4.52. The Morgan fingerprint density at radius 1 is 1.50 bits per heavy atom. The highest BCUT2D eigenvalue weighted by molar-refractivity contribution is 7.10. The van der Waals surface area contributed by atoms with Crippen LogP contribution in [0.25, 0.3) is 0 Å². The molecule has 1 aliphatic carbocycles. The van der Waals surface area contributed by atoms with Gasteiger partial charge in [-0.3, -0.25) is 11.3 Å². The lowest BCUT2D eigenvalue weighted by Crippen LogP contribution is -2.28. The molecule has 16 heavy (non-hydrogen) atoms. The summed E-state index contributed by atoms with van der Waals surface area (Å²) in [5, 5.41) is 2.21. The van der Waals surface area contributed by atoms with E-state index in [0.29, 0.717) is 0 Å². The van der Waals surface area contributed by atoms with Crippen LogP contribution >= 0.6 is 11.3 Å². The molecule has 1 aliphatic rings. The average Bonchev–Trinajstić information content (AvgIpc) is 2.74.